The zero-order valence-corrected chi connectivity index (χ0v) is 16.0. The van der Waals surface area contributed by atoms with Crippen LogP contribution in [0.5, 0.6) is 5.75 Å². The van der Waals surface area contributed by atoms with Gasteiger partial charge >= 0.3 is 0 Å². The highest BCUT2D eigenvalue weighted by Gasteiger charge is 2.59. The van der Waals surface area contributed by atoms with Gasteiger partial charge < -0.3 is 5.11 Å². The number of aliphatic imine (C=N–C) groups is 1. The van der Waals surface area contributed by atoms with Gasteiger partial charge in [-0.1, -0.05) is 44.2 Å². The molecule has 4 bridgehead atoms. The second-order valence-electron chi connectivity index (χ2n) is 10.3. The van der Waals surface area contributed by atoms with Crippen LogP contribution in [0.1, 0.15) is 57.9 Å². The average Bonchev–Trinajstić information content (AvgIpc) is 2.53. The second kappa shape index (κ2) is 5.34. The van der Waals surface area contributed by atoms with Crippen molar-refractivity contribution in [2.45, 2.75) is 52.4 Å². The van der Waals surface area contributed by atoms with Crippen molar-refractivity contribution in [1.29, 1.82) is 0 Å². The molecule has 136 valence electrons. The number of rotatable bonds is 3. The highest BCUT2D eigenvalue weighted by molar-refractivity contribution is 6.02. The number of benzene rings is 2. The number of phenols is 1. The standard InChI is InChI=1S/C24H29NO/c1-22-9-17-10-23(2,13-22)15-24(11-17,14-22)16-25-12-20-19-6-4-3-5-18(19)7-8-21(20)26/h3-8,12,17,26H,9-11,13-16H2,1-2H3. The van der Waals surface area contributed by atoms with Crippen LogP contribution in [0.2, 0.25) is 0 Å². The van der Waals surface area contributed by atoms with E-state index in [0.29, 0.717) is 22.0 Å². The number of aromatic hydroxyl groups is 1. The zero-order chi connectivity index (χ0) is 18.0. The van der Waals surface area contributed by atoms with Gasteiger partial charge in [-0.3, -0.25) is 4.99 Å². The molecule has 2 aromatic carbocycles. The molecule has 0 spiro atoms. The first kappa shape index (κ1) is 16.4. The van der Waals surface area contributed by atoms with Crippen molar-refractivity contribution in [2.24, 2.45) is 27.2 Å². The molecule has 0 heterocycles. The molecule has 0 aromatic heterocycles. The zero-order valence-electron chi connectivity index (χ0n) is 16.0. The van der Waals surface area contributed by atoms with Crippen LogP contribution < -0.4 is 0 Å². The van der Waals surface area contributed by atoms with Crippen molar-refractivity contribution in [3.8, 4) is 5.75 Å². The molecule has 2 unspecified atom stereocenters. The smallest absolute Gasteiger partial charge is 0.124 e. The van der Waals surface area contributed by atoms with Crippen molar-refractivity contribution < 1.29 is 5.11 Å². The maximum absolute atomic E-state index is 10.4. The largest absolute Gasteiger partial charge is 0.507 e. The number of phenolic OH excluding ortho intramolecular Hbond substituents is 1. The summed E-state index contributed by atoms with van der Waals surface area (Å²) < 4.78 is 0. The number of fused-ring (bicyclic) bond motifs is 1. The lowest BCUT2D eigenvalue weighted by atomic mass is 9.40. The Morgan fingerprint density at radius 1 is 1.00 bits per heavy atom. The molecular formula is C24H29NO. The van der Waals surface area contributed by atoms with E-state index in [1.54, 1.807) is 6.07 Å². The molecule has 4 aliphatic carbocycles. The molecule has 2 nitrogen and oxygen atoms in total. The molecule has 2 heteroatoms. The molecule has 2 aromatic rings. The topological polar surface area (TPSA) is 32.6 Å². The molecule has 4 aliphatic rings. The van der Waals surface area contributed by atoms with E-state index >= 15 is 0 Å². The lowest BCUT2D eigenvalue weighted by Gasteiger charge is -2.65. The van der Waals surface area contributed by atoms with Crippen LogP contribution >= 0.6 is 0 Å². The Morgan fingerprint density at radius 2 is 1.73 bits per heavy atom. The predicted molar refractivity (Wildman–Crippen MR) is 108 cm³/mol. The van der Waals surface area contributed by atoms with Gasteiger partial charge in [-0.15, -0.1) is 0 Å². The van der Waals surface area contributed by atoms with Crippen LogP contribution in [-0.4, -0.2) is 17.9 Å². The van der Waals surface area contributed by atoms with Gasteiger partial charge in [0.05, 0.1) is 0 Å². The van der Waals surface area contributed by atoms with E-state index in [2.05, 4.69) is 26.0 Å². The first-order valence-corrected chi connectivity index (χ1v) is 10.1. The summed E-state index contributed by atoms with van der Waals surface area (Å²) in [7, 11) is 0. The Hall–Kier alpha value is -1.83. The summed E-state index contributed by atoms with van der Waals surface area (Å²) >= 11 is 0. The van der Waals surface area contributed by atoms with Crippen molar-refractivity contribution in [1.82, 2.24) is 0 Å². The van der Waals surface area contributed by atoms with Gasteiger partial charge in [-0.25, -0.2) is 0 Å². The first-order valence-electron chi connectivity index (χ1n) is 10.1. The maximum Gasteiger partial charge on any atom is 0.124 e. The van der Waals surface area contributed by atoms with Crippen LogP contribution in [-0.2, 0) is 0 Å². The van der Waals surface area contributed by atoms with Gasteiger partial charge in [0.1, 0.15) is 5.75 Å². The third-order valence-electron chi connectivity index (χ3n) is 7.34. The Balaban J connectivity index is 1.44. The number of hydrogen-bond donors (Lipinski definition) is 1. The van der Waals surface area contributed by atoms with E-state index in [9.17, 15) is 5.11 Å². The summed E-state index contributed by atoms with van der Waals surface area (Å²) in [5, 5.41) is 12.6. The Labute approximate surface area is 156 Å². The van der Waals surface area contributed by atoms with Crippen molar-refractivity contribution in [3.63, 3.8) is 0 Å². The van der Waals surface area contributed by atoms with Crippen LogP contribution in [0.4, 0.5) is 0 Å². The Bertz CT molecular complexity index is 880. The Morgan fingerprint density at radius 3 is 2.46 bits per heavy atom. The fourth-order valence-corrected chi connectivity index (χ4v) is 7.61. The normalized spacial score (nSPS) is 38.5. The van der Waals surface area contributed by atoms with Crippen molar-refractivity contribution in [2.75, 3.05) is 6.54 Å². The quantitative estimate of drug-likeness (QED) is 0.683. The number of hydrogen-bond acceptors (Lipinski definition) is 2. The summed E-state index contributed by atoms with van der Waals surface area (Å²) in [6.07, 6.45) is 10.2. The molecule has 4 saturated carbocycles. The van der Waals surface area contributed by atoms with Crippen LogP contribution in [0.25, 0.3) is 10.8 Å². The summed E-state index contributed by atoms with van der Waals surface area (Å²) in [5.41, 5.74) is 2.32. The Kier molecular flexibility index (Phi) is 3.36. The second-order valence-corrected chi connectivity index (χ2v) is 10.3. The summed E-state index contributed by atoms with van der Waals surface area (Å²) in [5.74, 6) is 1.24. The van der Waals surface area contributed by atoms with E-state index in [1.165, 1.54) is 38.5 Å². The summed E-state index contributed by atoms with van der Waals surface area (Å²) in [6.45, 7) is 5.95. The minimum atomic E-state index is 0.330. The minimum absolute atomic E-state index is 0.330. The molecule has 26 heavy (non-hydrogen) atoms. The van der Waals surface area contributed by atoms with Gasteiger partial charge in [0.25, 0.3) is 0 Å². The molecule has 0 saturated heterocycles. The van der Waals surface area contributed by atoms with Crippen LogP contribution in [0, 0.1) is 22.2 Å². The first-order chi connectivity index (χ1) is 12.4. The molecule has 2 atom stereocenters. The fourth-order valence-electron chi connectivity index (χ4n) is 7.61. The van der Waals surface area contributed by atoms with Gasteiger partial charge in [0, 0.05) is 18.3 Å². The van der Waals surface area contributed by atoms with E-state index in [4.69, 9.17) is 4.99 Å². The van der Waals surface area contributed by atoms with E-state index in [1.807, 2.05) is 24.4 Å². The lowest BCUT2D eigenvalue weighted by molar-refractivity contribution is -0.140. The van der Waals surface area contributed by atoms with E-state index in [-0.39, 0.29) is 0 Å². The van der Waals surface area contributed by atoms with Gasteiger partial charge in [0.2, 0.25) is 0 Å². The molecular weight excluding hydrogens is 318 g/mol. The molecule has 4 fully saturated rings. The molecule has 0 aliphatic heterocycles. The molecule has 6 rings (SSSR count). The van der Waals surface area contributed by atoms with Crippen LogP contribution in [0.15, 0.2) is 41.4 Å². The highest BCUT2D eigenvalue weighted by atomic mass is 16.3. The molecule has 0 radical (unpaired) electrons. The van der Waals surface area contributed by atoms with E-state index < -0.39 is 0 Å². The fraction of sp³-hybridized carbons (Fsp3) is 0.542. The summed E-state index contributed by atoms with van der Waals surface area (Å²) in [6, 6.07) is 12.0. The number of nitrogens with zero attached hydrogens (tertiary/aromatic N) is 1. The maximum atomic E-state index is 10.4. The van der Waals surface area contributed by atoms with Crippen LogP contribution in [0.3, 0.4) is 0 Å². The highest BCUT2D eigenvalue weighted by Crippen LogP contribution is 2.69. The average molecular weight is 348 g/mol. The van der Waals surface area contributed by atoms with E-state index in [0.717, 1.165) is 28.8 Å². The SMILES string of the molecule is CC12CC3CC(C)(C1)CC(CN=Cc1c(O)ccc4ccccc14)(C3)C2. The van der Waals surface area contributed by atoms with Gasteiger partial charge in [0.15, 0.2) is 0 Å². The van der Waals surface area contributed by atoms with Gasteiger partial charge in [-0.05, 0) is 77.5 Å². The monoisotopic (exact) mass is 347 g/mol. The third-order valence-corrected chi connectivity index (χ3v) is 7.34. The van der Waals surface area contributed by atoms with Crippen molar-refractivity contribution >= 4 is 17.0 Å². The third kappa shape index (κ3) is 2.57. The molecule has 0 amide bonds. The molecule has 1 N–H and O–H groups in total. The van der Waals surface area contributed by atoms with Crippen molar-refractivity contribution in [3.05, 3.63) is 42.0 Å². The minimum Gasteiger partial charge on any atom is -0.507 e. The summed E-state index contributed by atoms with van der Waals surface area (Å²) in [4.78, 5) is 4.92. The lowest BCUT2D eigenvalue weighted by Crippen LogP contribution is -2.55. The van der Waals surface area contributed by atoms with Gasteiger partial charge in [-0.2, -0.15) is 0 Å². The predicted octanol–water partition coefficient (Wildman–Crippen LogP) is 5.96.